The fraction of sp³-hybridized carbons (Fsp3) is 0.917. The van der Waals surface area contributed by atoms with Crippen molar-refractivity contribution in [3.8, 4) is 0 Å². The van der Waals surface area contributed by atoms with Crippen molar-refractivity contribution < 1.29 is 9.53 Å². The van der Waals surface area contributed by atoms with E-state index >= 15 is 0 Å². The van der Waals surface area contributed by atoms with Gasteiger partial charge in [0.05, 0.1) is 5.54 Å². The fourth-order valence-electron chi connectivity index (χ4n) is 1.64. The average Bonchev–Trinajstić information content (AvgIpc) is 2.92. The summed E-state index contributed by atoms with van der Waals surface area (Å²) in [7, 11) is 0. The third kappa shape index (κ3) is 3.67. The van der Waals surface area contributed by atoms with Crippen LogP contribution in [0.4, 0.5) is 4.79 Å². The van der Waals surface area contributed by atoms with Crippen molar-refractivity contribution in [1.82, 2.24) is 10.6 Å². The number of hydrogen-bond donors (Lipinski definition) is 2. The van der Waals surface area contributed by atoms with E-state index in [1.54, 1.807) is 0 Å². The Hall–Kier alpha value is -0.770. The lowest BCUT2D eigenvalue weighted by Gasteiger charge is -2.23. The minimum atomic E-state index is -0.413. The van der Waals surface area contributed by atoms with Crippen molar-refractivity contribution >= 4 is 6.09 Å². The Morgan fingerprint density at radius 3 is 2.44 bits per heavy atom. The topological polar surface area (TPSA) is 50.4 Å². The summed E-state index contributed by atoms with van der Waals surface area (Å²) in [6.07, 6.45) is 4.39. The Bertz CT molecular complexity index is 275. The first kappa shape index (κ1) is 11.7. The smallest absolute Gasteiger partial charge is 0.408 e. The zero-order valence-electron chi connectivity index (χ0n) is 10.4. The summed E-state index contributed by atoms with van der Waals surface area (Å²) in [5.74, 6) is 0. The molecular weight excluding hydrogens is 204 g/mol. The van der Waals surface area contributed by atoms with Gasteiger partial charge in [-0.3, -0.25) is 0 Å². The van der Waals surface area contributed by atoms with Gasteiger partial charge < -0.3 is 15.4 Å². The molecule has 16 heavy (non-hydrogen) atoms. The fourth-order valence-corrected chi connectivity index (χ4v) is 1.64. The molecule has 0 aromatic heterocycles. The predicted octanol–water partition coefficient (Wildman–Crippen LogP) is 1.80. The number of carbonyl (C=O) groups excluding carboxylic acids is 1. The molecule has 4 heteroatoms. The maximum atomic E-state index is 11.6. The van der Waals surface area contributed by atoms with E-state index in [2.05, 4.69) is 10.6 Å². The molecule has 2 saturated carbocycles. The molecule has 2 fully saturated rings. The molecule has 2 aliphatic carbocycles. The van der Waals surface area contributed by atoms with Crippen LogP contribution in [0.2, 0.25) is 0 Å². The largest absolute Gasteiger partial charge is 0.444 e. The van der Waals surface area contributed by atoms with Crippen molar-refractivity contribution in [2.45, 2.75) is 63.6 Å². The standard InChI is InChI=1S/C12H22N2O2/c1-11(2,3)16-10(15)14-12(6-7-12)8-13-9-4-5-9/h9,13H,4-8H2,1-3H3,(H,14,15). The van der Waals surface area contributed by atoms with Crippen molar-refractivity contribution in [1.29, 1.82) is 0 Å². The molecule has 2 rings (SSSR count). The molecule has 0 aromatic carbocycles. The molecule has 0 aromatic rings. The zero-order chi connectivity index (χ0) is 11.8. The number of hydrogen-bond acceptors (Lipinski definition) is 3. The molecule has 1 amide bonds. The van der Waals surface area contributed by atoms with Crippen molar-refractivity contribution in [2.24, 2.45) is 0 Å². The molecule has 2 aliphatic rings. The van der Waals surface area contributed by atoms with Crippen LogP contribution in [0.5, 0.6) is 0 Å². The minimum absolute atomic E-state index is 0.0229. The molecule has 4 nitrogen and oxygen atoms in total. The number of alkyl carbamates (subject to hydrolysis) is 1. The highest BCUT2D eigenvalue weighted by Gasteiger charge is 2.45. The predicted molar refractivity (Wildman–Crippen MR) is 62.4 cm³/mol. The number of amides is 1. The van der Waals surface area contributed by atoms with Crippen LogP contribution >= 0.6 is 0 Å². The van der Waals surface area contributed by atoms with E-state index in [1.807, 2.05) is 20.8 Å². The van der Waals surface area contributed by atoms with Crippen molar-refractivity contribution in [2.75, 3.05) is 6.54 Å². The number of nitrogens with one attached hydrogen (secondary N) is 2. The Balaban J connectivity index is 1.72. The van der Waals surface area contributed by atoms with Crippen LogP contribution in [0.1, 0.15) is 46.5 Å². The highest BCUT2D eigenvalue weighted by molar-refractivity contribution is 5.69. The van der Waals surface area contributed by atoms with Gasteiger partial charge in [0, 0.05) is 12.6 Å². The summed E-state index contributed by atoms with van der Waals surface area (Å²) < 4.78 is 5.26. The van der Waals surface area contributed by atoms with Crippen LogP contribution in [-0.4, -0.2) is 29.8 Å². The van der Waals surface area contributed by atoms with E-state index in [1.165, 1.54) is 12.8 Å². The SMILES string of the molecule is CC(C)(C)OC(=O)NC1(CNC2CC2)CC1. The van der Waals surface area contributed by atoms with Gasteiger partial charge in [0.2, 0.25) is 0 Å². The van der Waals surface area contributed by atoms with Gasteiger partial charge in [0.15, 0.2) is 0 Å². The average molecular weight is 226 g/mol. The maximum Gasteiger partial charge on any atom is 0.408 e. The highest BCUT2D eigenvalue weighted by atomic mass is 16.6. The lowest BCUT2D eigenvalue weighted by molar-refractivity contribution is 0.0496. The monoisotopic (exact) mass is 226 g/mol. The normalized spacial score (nSPS) is 22.7. The Labute approximate surface area is 97.1 Å². The van der Waals surface area contributed by atoms with E-state index in [0.717, 1.165) is 19.4 Å². The van der Waals surface area contributed by atoms with Crippen LogP contribution < -0.4 is 10.6 Å². The van der Waals surface area contributed by atoms with Crippen LogP contribution in [0, 0.1) is 0 Å². The van der Waals surface area contributed by atoms with E-state index in [4.69, 9.17) is 4.74 Å². The van der Waals surface area contributed by atoms with Gasteiger partial charge in [-0.25, -0.2) is 4.79 Å². The molecule has 2 N–H and O–H groups in total. The summed E-state index contributed by atoms with van der Waals surface area (Å²) in [6.45, 7) is 6.54. The molecule has 92 valence electrons. The first-order valence-electron chi connectivity index (χ1n) is 6.13. The van der Waals surface area contributed by atoms with Gasteiger partial charge in [-0.2, -0.15) is 0 Å². The quantitative estimate of drug-likeness (QED) is 0.768. The summed E-state index contributed by atoms with van der Waals surface area (Å²) in [5.41, 5.74) is -0.436. The molecule has 0 bridgehead atoms. The molecule has 0 aliphatic heterocycles. The summed E-state index contributed by atoms with van der Waals surface area (Å²) >= 11 is 0. The second-order valence-corrected chi connectivity index (χ2v) is 6.06. The highest BCUT2D eigenvalue weighted by Crippen LogP contribution is 2.35. The maximum absolute atomic E-state index is 11.6. The van der Waals surface area contributed by atoms with E-state index in [0.29, 0.717) is 6.04 Å². The van der Waals surface area contributed by atoms with Crippen LogP contribution in [0.25, 0.3) is 0 Å². The van der Waals surface area contributed by atoms with Crippen LogP contribution in [0.15, 0.2) is 0 Å². The number of carbonyl (C=O) groups is 1. The van der Waals surface area contributed by atoms with E-state index < -0.39 is 5.60 Å². The zero-order valence-corrected chi connectivity index (χ0v) is 10.4. The Morgan fingerprint density at radius 1 is 1.38 bits per heavy atom. The first-order chi connectivity index (χ1) is 7.39. The van der Waals surface area contributed by atoms with Gasteiger partial charge in [-0.1, -0.05) is 0 Å². The molecular formula is C12H22N2O2. The van der Waals surface area contributed by atoms with Gasteiger partial charge >= 0.3 is 6.09 Å². The van der Waals surface area contributed by atoms with Crippen molar-refractivity contribution in [3.05, 3.63) is 0 Å². The van der Waals surface area contributed by atoms with Crippen LogP contribution in [-0.2, 0) is 4.74 Å². The molecule has 0 radical (unpaired) electrons. The van der Waals surface area contributed by atoms with Gasteiger partial charge in [0.1, 0.15) is 5.60 Å². The molecule has 0 saturated heterocycles. The molecule has 0 atom stereocenters. The van der Waals surface area contributed by atoms with Gasteiger partial charge in [0.25, 0.3) is 0 Å². The van der Waals surface area contributed by atoms with Gasteiger partial charge in [-0.15, -0.1) is 0 Å². The lowest BCUT2D eigenvalue weighted by Crippen LogP contribution is -2.46. The minimum Gasteiger partial charge on any atom is -0.444 e. The second-order valence-electron chi connectivity index (χ2n) is 6.06. The van der Waals surface area contributed by atoms with Crippen molar-refractivity contribution in [3.63, 3.8) is 0 Å². The second kappa shape index (κ2) is 3.91. The summed E-state index contributed by atoms with van der Waals surface area (Å²) in [6, 6.07) is 0.693. The first-order valence-corrected chi connectivity index (χ1v) is 6.13. The Morgan fingerprint density at radius 2 is 2.00 bits per heavy atom. The molecule has 0 heterocycles. The molecule has 0 unspecified atom stereocenters. The van der Waals surface area contributed by atoms with E-state index in [-0.39, 0.29) is 11.6 Å². The molecule has 0 spiro atoms. The number of ether oxygens (including phenoxy) is 1. The van der Waals surface area contributed by atoms with Crippen LogP contribution in [0.3, 0.4) is 0 Å². The van der Waals surface area contributed by atoms with E-state index in [9.17, 15) is 4.79 Å². The lowest BCUT2D eigenvalue weighted by atomic mass is 10.2. The van der Waals surface area contributed by atoms with Gasteiger partial charge in [-0.05, 0) is 46.5 Å². The third-order valence-corrected chi connectivity index (χ3v) is 2.93. The summed E-state index contributed by atoms with van der Waals surface area (Å²) in [5, 5.41) is 6.44. The summed E-state index contributed by atoms with van der Waals surface area (Å²) in [4.78, 5) is 11.6. The number of rotatable bonds is 4. The third-order valence-electron chi connectivity index (χ3n) is 2.93. The Kier molecular flexibility index (Phi) is 2.86.